The Morgan fingerprint density at radius 2 is 2.28 bits per heavy atom. The number of nitrogens with two attached hydrogens (primary N) is 1. The van der Waals surface area contributed by atoms with Gasteiger partial charge in [-0.25, -0.2) is 4.39 Å². The van der Waals surface area contributed by atoms with E-state index in [9.17, 15) is 4.39 Å². The van der Waals surface area contributed by atoms with Crippen LogP contribution < -0.4 is 10.5 Å². The van der Waals surface area contributed by atoms with Crippen LogP contribution in [0.2, 0.25) is 0 Å². The maximum Gasteiger partial charge on any atom is 0.131 e. The molecule has 1 aliphatic rings. The molecule has 2 N–H and O–H groups in total. The molecule has 100 valence electrons. The standard InChI is InChI=1S/C14H20FNO2/c1-14(2)6-5-12(18-14)9-17-11-4-3-10(8-16)13(15)7-11/h3-4,7,12H,5-6,8-9,16H2,1-2H3. The molecule has 1 saturated heterocycles. The topological polar surface area (TPSA) is 44.5 Å². The second kappa shape index (κ2) is 5.24. The molecule has 0 aromatic heterocycles. The highest BCUT2D eigenvalue weighted by Gasteiger charge is 2.31. The van der Waals surface area contributed by atoms with E-state index in [0.717, 1.165) is 12.8 Å². The van der Waals surface area contributed by atoms with Crippen LogP contribution in [0.5, 0.6) is 5.75 Å². The van der Waals surface area contributed by atoms with Gasteiger partial charge in [0.2, 0.25) is 0 Å². The molecule has 1 unspecified atom stereocenters. The highest BCUT2D eigenvalue weighted by atomic mass is 19.1. The van der Waals surface area contributed by atoms with Crippen molar-refractivity contribution in [2.75, 3.05) is 6.61 Å². The molecule has 1 aromatic carbocycles. The summed E-state index contributed by atoms with van der Waals surface area (Å²) in [5, 5.41) is 0. The lowest BCUT2D eigenvalue weighted by molar-refractivity contribution is -0.0326. The predicted octanol–water partition coefficient (Wildman–Crippen LogP) is 2.62. The highest BCUT2D eigenvalue weighted by Crippen LogP contribution is 2.29. The lowest BCUT2D eigenvalue weighted by Crippen LogP contribution is -2.23. The fourth-order valence-electron chi connectivity index (χ4n) is 2.17. The molecule has 4 heteroatoms. The van der Waals surface area contributed by atoms with Crippen LogP contribution in [0.25, 0.3) is 0 Å². The Balaban J connectivity index is 1.89. The van der Waals surface area contributed by atoms with Gasteiger partial charge in [-0.15, -0.1) is 0 Å². The molecule has 0 spiro atoms. The minimum Gasteiger partial charge on any atom is -0.491 e. The molecule has 1 heterocycles. The summed E-state index contributed by atoms with van der Waals surface area (Å²) in [6, 6.07) is 4.78. The van der Waals surface area contributed by atoms with Crippen molar-refractivity contribution >= 4 is 0 Å². The molecule has 0 radical (unpaired) electrons. The third-order valence-corrected chi connectivity index (χ3v) is 3.23. The van der Waals surface area contributed by atoms with Crippen molar-refractivity contribution in [2.45, 2.75) is 44.9 Å². The van der Waals surface area contributed by atoms with Crippen LogP contribution >= 0.6 is 0 Å². The molecule has 2 rings (SSSR count). The van der Waals surface area contributed by atoms with Crippen molar-refractivity contribution in [2.24, 2.45) is 5.73 Å². The van der Waals surface area contributed by atoms with Gasteiger partial charge in [0.05, 0.1) is 11.7 Å². The summed E-state index contributed by atoms with van der Waals surface area (Å²) in [7, 11) is 0. The van der Waals surface area contributed by atoms with Crippen molar-refractivity contribution < 1.29 is 13.9 Å². The maximum absolute atomic E-state index is 13.5. The molecule has 0 saturated carbocycles. The van der Waals surface area contributed by atoms with Gasteiger partial charge < -0.3 is 15.2 Å². The minimum atomic E-state index is -0.317. The van der Waals surface area contributed by atoms with Crippen LogP contribution in [0, 0.1) is 5.82 Å². The van der Waals surface area contributed by atoms with E-state index in [1.165, 1.54) is 6.07 Å². The number of rotatable bonds is 4. The van der Waals surface area contributed by atoms with E-state index in [1.54, 1.807) is 12.1 Å². The molecule has 1 aromatic rings. The summed E-state index contributed by atoms with van der Waals surface area (Å²) in [5.74, 6) is 0.209. The first-order valence-corrected chi connectivity index (χ1v) is 6.29. The Kier molecular flexibility index (Phi) is 3.88. The van der Waals surface area contributed by atoms with Crippen LogP contribution in [0.1, 0.15) is 32.3 Å². The van der Waals surface area contributed by atoms with Crippen molar-refractivity contribution in [1.29, 1.82) is 0 Å². The van der Waals surface area contributed by atoms with Crippen molar-refractivity contribution in [3.05, 3.63) is 29.6 Å². The normalized spacial score (nSPS) is 22.1. The summed E-state index contributed by atoms with van der Waals surface area (Å²) in [6.07, 6.45) is 2.11. The Bertz CT molecular complexity index is 420. The van der Waals surface area contributed by atoms with Gasteiger partial charge in [0.25, 0.3) is 0 Å². The summed E-state index contributed by atoms with van der Waals surface area (Å²) >= 11 is 0. The van der Waals surface area contributed by atoms with Crippen LogP contribution in [0.3, 0.4) is 0 Å². The van der Waals surface area contributed by atoms with E-state index in [-0.39, 0.29) is 24.1 Å². The van der Waals surface area contributed by atoms with E-state index in [2.05, 4.69) is 13.8 Å². The second-order valence-corrected chi connectivity index (χ2v) is 5.31. The first-order valence-electron chi connectivity index (χ1n) is 6.29. The summed E-state index contributed by atoms with van der Waals surface area (Å²) in [6.45, 7) is 4.81. The smallest absolute Gasteiger partial charge is 0.131 e. The van der Waals surface area contributed by atoms with Gasteiger partial charge in [-0.05, 0) is 32.8 Å². The zero-order chi connectivity index (χ0) is 13.2. The van der Waals surface area contributed by atoms with Gasteiger partial charge in [-0.2, -0.15) is 0 Å². The Morgan fingerprint density at radius 1 is 1.50 bits per heavy atom. The maximum atomic E-state index is 13.5. The van der Waals surface area contributed by atoms with Crippen LogP contribution in [-0.4, -0.2) is 18.3 Å². The van der Waals surface area contributed by atoms with Crippen LogP contribution in [0.4, 0.5) is 4.39 Å². The van der Waals surface area contributed by atoms with E-state index in [1.807, 2.05) is 0 Å². The molecular weight excluding hydrogens is 233 g/mol. The predicted molar refractivity (Wildman–Crippen MR) is 68.0 cm³/mol. The van der Waals surface area contributed by atoms with E-state index < -0.39 is 0 Å². The molecule has 0 aliphatic carbocycles. The zero-order valence-electron chi connectivity index (χ0n) is 10.9. The fourth-order valence-corrected chi connectivity index (χ4v) is 2.17. The quantitative estimate of drug-likeness (QED) is 0.897. The molecule has 1 fully saturated rings. The average molecular weight is 253 g/mol. The molecule has 3 nitrogen and oxygen atoms in total. The SMILES string of the molecule is CC1(C)CCC(COc2ccc(CN)c(F)c2)O1. The Hall–Kier alpha value is -1.13. The number of halogens is 1. The van der Waals surface area contributed by atoms with Gasteiger partial charge in [-0.1, -0.05) is 6.07 Å². The molecule has 18 heavy (non-hydrogen) atoms. The summed E-state index contributed by atoms with van der Waals surface area (Å²) in [4.78, 5) is 0. The Morgan fingerprint density at radius 3 is 2.83 bits per heavy atom. The van der Waals surface area contributed by atoms with Crippen LogP contribution in [0.15, 0.2) is 18.2 Å². The first kappa shape index (κ1) is 13.3. The van der Waals surface area contributed by atoms with Crippen molar-refractivity contribution in [3.8, 4) is 5.75 Å². The minimum absolute atomic E-state index is 0.0668. The number of ether oxygens (including phenoxy) is 2. The largest absolute Gasteiger partial charge is 0.491 e. The van der Waals surface area contributed by atoms with Gasteiger partial charge in [0.15, 0.2) is 0 Å². The molecular formula is C14H20FNO2. The average Bonchev–Trinajstić information content (AvgIpc) is 2.66. The highest BCUT2D eigenvalue weighted by molar-refractivity contribution is 5.28. The fraction of sp³-hybridized carbons (Fsp3) is 0.571. The van der Waals surface area contributed by atoms with Gasteiger partial charge in [-0.3, -0.25) is 0 Å². The number of hydrogen-bond donors (Lipinski definition) is 1. The van der Waals surface area contributed by atoms with Crippen LogP contribution in [-0.2, 0) is 11.3 Å². The number of benzene rings is 1. The lowest BCUT2D eigenvalue weighted by atomic mass is 10.1. The first-order chi connectivity index (χ1) is 8.50. The molecule has 1 atom stereocenters. The van der Waals surface area contributed by atoms with Gasteiger partial charge in [0, 0.05) is 18.2 Å². The molecule has 0 bridgehead atoms. The molecule has 1 aliphatic heterocycles. The van der Waals surface area contributed by atoms with Gasteiger partial charge in [0.1, 0.15) is 18.2 Å². The lowest BCUT2D eigenvalue weighted by Gasteiger charge is -2.19. The summed E-state index contributed by atoms with van der Waals surface area (Å²) < 4.78 is 24.8. The van der Waals surface area contributed by atoms with Crippen molar-refractivity contribution in [1.82, 2.24) is 0 Å². The zero-order valence-corrected chi connectivity index (χ0v) is 10.9. The number of hydrogen-bond acceptors (Lipinski definition) is 3. The third-order valence-electron chi connectivity index (χ3n) is 3.23. The van der Waals surface area contributed by atoms with Crippen molar-refractivity contribution in [3.63, 3.8) is 0 Å². The van der Waals surface area contributed by atoms with E-state index in [0.29, 0.717) is 17.9 Å². The molecule has 0 amide bonds. The summed E-state index contributed by atoms with van der Waals surface area (Å²) in [5.41, 5.74) is 5.84. The van der Waals surface area contributed by atoms with E-state index >= 15 is 0 Å². The second-order valence-electron chi connectivity index (χ2n) is 5.31. The van der Waals surface area contributed by atoms with E-state index in [4.69, 9.17) is 15.2 Å². The Labute approximate surface area is 107 Å². The monoisotopic (exact) mass is 253 g/mol. The van der Waals surface area contributed by atoms with Gasteiger partial charge >= 0.3 is 0 Å². The third kappa shape index (κ3) is 3.21.